The second-order valence-electron chi connectivity index (χ2n) is 6.86. The first kappa shape index (κ1) is 15.3. The highest BCUT2D eigenvalue weighted by molar-refractivity contribution is 5.79. The summed E-state index contributed by atoms with van der Waals surface area (Å²) in [4.78, 5) is 25.8. The third-order valence-corrected chi connectivity index (χ3v) is 5.21. The summed E-state index contributed by atoms with van der Waals surface area (Å²) in [5.74, 6) is -0.0434. The molecule has 0 spiro atoms. The van der Waals surface area contributed by atoms with Crippen LogP contribution in [0.25, 0.3) is 0 Å². The fraction of sp³-hybridized carbons (Fsp3) is 0.867. The van der Waals surface area contributed by atoms with Gasteiger partial charge in [-0.1, -0.05) is 6.92 Å². The zero-order valence-electron chi connectivity index (χ0n) is 12.7. The fourth-order valence-corrected chi connectivity index (χ4v) is 3.10. The van der Waals surface area contributed by atoms with E-state index in [1.807, 2.05) is 11.8 Å². The molecule has 2 heterocycles. The largest absolute Gasteiger partial charge is 0.481 e. The highest BCUT2D eigenvalue weighted by atomic mass is 16.4. The molecule has 2 unspecified atom stereocenters. The summed E-state index contributed by atoms with van der Waals surface area (Å²) in [5.41, 5.74) is -0.764. The molecule has 5 nitrogen and oxygen atoms in total. The van der Waals surface area contributed by atoms with Crippen molar-refractivity contribution in [3.05, 3.63) is 0 Å². The molecule has 2 N–H and O–H groups in total. The number of nitrogens with zero attached hydrogens (tertiary/aromatic N) is 1. The molecule has 2 atom stereocenters. The number of likely N-dealkylation sites (tertiary alicyclic amines) is 1. The summed E-state index contributed by atoms with van der Waals surface area (Å²) in [5, 5.41) is 12.6. The average molecular weight is 282 g/mol. The Morgan fingerprint density at radius 1 is 1.35 bits per heavy atom. The number of piperidine rings is 1. The van der Waals surface area contributed by atoms with Crippen LogP contribution in [0.15, 0.2) is 0 Å². The summed E-state index contributed by atoms with van der Waals surface area (Å²) in [6.07, 6.45) is 1.80. The molecule has 0 saturated carbocycles. The maximum atomic E-state index is 12.5. The Kier molecular flexibility index (Phi) is 4.37. The molecule has 5 heteroatoms. The van der Waals surface area contributed by atoms with E-state index in [0.717, 1.165) is 32.5 Å². The molecule has 2 fully saturated rings. The number of amides is 1. The van der Waals surface area contributed by atoms with Crippen molar-refractivity contribution >= 4 is 11.9 Å². The third kappa shape index (κ3) is 2.82. The van der Waals surface area contributed by atoms with Crippen LogP contribution in [-0.4, -0.2) is 48.1 Å². The van der Waals surface area contributed by atoms with Gasteiger partial charge in [0, 0.05) is 19.0 Å². The van der Waals surface area contributed by atoms with Gasteiger partial charge in [-0.25, -0.2) is 0 Å². The molecular formula is C15H26N2O3. The number of hydrogen-bond donors (Lipinski definition) is 2. The van der Waals surface area contributed by atoms with Gasteiger partial charge in [-0.3, -0.25) is 9.59 Å². The number of carbonyl (C=O) groups excluding carboxylic acids is 1. The normalized spacial score (nSPS) is 25.9. The smallest absolute Gasteiger partial charge is 0.309 e. The monoisotopic (exact) mass is 282 g/mol. The van der Waals surface area contributed by atoms with Gasteiger partial charge < -0.3 is 15.3 Å². The lowest BCUT2D eigenvalue weighted by Crippen LogP contribution is -2.53. The summed E-state index contributed by atoms with van der Waals surface area (Å²) >= 11 is 0. The van der Waals surface area contributed by atoms with Crippen molar-refractivity contribution in [3.8, 4) is 0 Å². The molecule has 0 aromatic heterocycles. The van der Waals surface area contributed by atoms with Gasteiger partial charge >= 0.3 is 5.97 Å². The minimum absolute atomic E-state index is 0.0444. The Labute approximate surface area is 120 Å². The van der Waals surface area contributed by atoms with E-state index in [2.05, 4.69) is 5.32 Å². The van der Waals surface area contributed by atoms with Gasteiger partial charge in [-0.15, -0.1) is 0 Å². The van der Waals surface area contributed by atoms with Gasteiger partial charge in [0.2, 0.25) is 5.91 Å². The van der Waals surface area contributed by atoms with Crippen molar-refractivity contribution in [3.63, 3.8) is 0 Å². The van der Waals surface area contributed by atoms with Crippen LogP contribution in [-0.2, 0) is 9.59 Å². The first-order valence-corrected chi connectivity index (χ1v) is 7.57. The number of carbonyl (C=O) groups is 2. The molecule has 0 bridgehead atoms. The van der Waals surface area contributed by atoms with Gasteiger partial charge in [-0.2, -0.15) is 0 Å². The molecule has 0 aromatic carbocycles. The molecule has 20 heavy (non-hydrogen) atoms. The summed E-state index contributed by atoms with van der Waals surface area (Å²) < 4.78 is 0. The Morgan fingerprint density at radius 2 is 2.00 bits per heavy atom. The predicted molar refractivity (Wildman–Crippen MR) is 76.2 cm³/mol. The highest BCUT2D eigenvalue weighted by Gasteiger charge is 2.41. The van der Waals surface area contributed by atoms with Crippen molar-refractivity contribution in [1.29, 1.82) is 0 Å². The lowest BCUT2D eigenvalue weighted by atomic mass is 9.74. The van der Waals surface area contributed by atoms with Crippen LogP contribution in [0, 0.1) is 23.2 Å². The summed E-state index contributed by atoms with van der Waals surface area (Å²) in [6, 6.07) is 0. The van der Waals surface area contributed by atoms with Crippen LogP contribution < -0.4 is 5.32 Å². The molecule has 2 rings (SSSR count). The zero-order chi connectivity index (χ0) is 14.9. The SMILES string of the molecule is CC(C(=O)N1CCCC(C(C)(C)C(=O)O)C1)C1CNC1. The van der Waals surface area contributed by atoms with Crippen LogP contribution in [0.5, 0.6) is 0 Å². The van der Waals surface area contributed by atoms with Crippen molar-refractivity contribution in [2.75, 3.05) is 26.2 Å². The van der Waals surface area contributed by atoms with Gasteiger partial charge in [0.05, 0.1) is 5.41 Å². The average Bonchev–Trinajstić information content (AvgIpc) is 2.35. The zero-order valence-corrected chi connectivity index (χ0v) is 12.7. The van der Waals surface area contributed by atoms with E-state index < -0.39 is 11.4 Å². The lowest BCUT2D eigenvalue weighted by Gasteiger charge is -2.41. The van der Waals surface area contributed by atoms with Gasteiger partial charge in [0.15, 0.2) is 0 Å². The van der Waals surface area contributed by atoms with Crippen LogP contribution in [0.3, 0.4) is 0 Å². The molecule has 0 radical (unpaired) electrons. The second kappa shape index (κ2) is 5.72. The maximum absolute atomic E-state index is 12.5. The van der Waals surface area contributed by atoms with E-state index in [0.29, 0.717) is 12.5 Å². The lowest BCUT2D eigenvalue weighted by molar-refractivity contribution is -0.154. The molecule has 114 valence electrons. The highest BCUT2D eigenvalue weighted by Crippen LogP contribution is 2.35. The quantitative estimate of drug-likeness (QED) is 0.812. The molecule has 1 amide bonds. The first-order valence-electron chi connectivity index (χ1n) is 7.57. The van der Waals surface area contributed by atoms with E-state index in [9.17, 15) is 14.7 Å². The van der Waals surface area contributed by atoms with Crippen LogP contribution >= 0.6 is 0 Å². The fourth-order valence-electron chi connectivity index (χ4n) is 3.10. The van der Waals surface area contributed by atoms with E-state index >= 15 is 0 Å². The molecule has 2 aliphatic heterocycles. The topological polar surface area (TPSA) is 69.6 Å². The Morgan fingerprint density at radius 3 is 2.50 bits per heavy atom. The number of carboxylic acid groups (broad SMARTS) is 1. The van der Waals surface area contributed by atoms with Gasteiger partial charge in [0.25, 0.3) is 0 Å². The van der Waals surface area contributed by atoms with Crippen molar-refractivity contribution in [2.45, 2.75) is 33.6 Å². The molecule has 2 saturated heterocycles. The number of nitrogens with one attached hydrogen (secondary N) is 1. The Hall–Kier alpha value is -1.10. The van der Waals surface area contributed by atoms with E-state index in [-0.39, 0.29) is 17.7 Å². The minimum Gasteiger partial charge on any atom is -0.481 e. The first-order chi connectivity index (χ1) is 9.34. The van der Waals surface area contributed by atoms with E-state index in [1.54, 1.807) is 13.8 Å². The third-order valence-electron chi connectivity index (χ3n) is 5.21. The number of hydrogen-bond acceptors (Lipinski definition) is 3. The summed E-state index contributed by atoms with van der Waals surface area (Å²) in [6.45, 7) is 8.74. The van der Waals surface area contributed by atoms with Crippen LogP contribution in [0.4, 0.5) is 0 Å². The molecule has 0 aromatic rings. The van der Waals surface area contributed by atoms with Gasteiger partial charge in [-0.05, 0) is 51.6 Å². The van der Waals surface area contributed by atoms with Crippen molar-refractivity contribution in [1.82, 2.24) is 10.2 Å². The summed E-state index contributed by atoms with van der Waals surface area (Å²) in [7, 11) is 0. The van der Waals surface area contributed by atoms with Crippen LogP contribution in [0.2, 0.25) is 0 Å². The number of rotatable bonds is 4. The van der Waals surface area contributed by atoms with E-state index in [1.165, 1.54) is 0 Å². The number of carboxylic acids is 1. The second-order valence-corrected chi connectivity index (χ2v) is 6.86. The van der Waals surface area contributed by atoms with E-state index in [4.69, 9.17) is 0 Å². The Bertz CT molecular complexity index is 391. The maximum Gasteiger partial charge on any atom is 0.309 e. The minimum atomic E-state index is -0.770. The van der Waals surface area contributed by atoms with Gasteiger partial charge in [0.1, 0.15) is 0 Å². The van der Waals surface area contributed by atoms with Crippen LogP contribution in [0.1, 0.15) is 33.6 Å². The van der Waals surface area contributed by atoms with Crippen molar-refractivity contribution in [2.24, 2.45) is 23.2 Å². The molecule has 0 aliphatic carbocycles. The van der Waals surface area contributed by atoms with Crippen molar-refractivity contribution < 1.29 is 14.7 Å². The predicted octanol–water partition coefficient (Wildman–Crippen LogP) is 1.19. The molecule has 2 aliphatic rings. The number of aliphatic carboxylic acids is 1. The Balaban J connectivity index is 1.99. The standard InChI is InChI=1S/C15H26N2O3/c1-10(11-7-16-8-11)13(18)17-6-4-5-12(9-17)15(2,3)14(19)20/h10-12,16H,4-9H2,1-3H3,(H,19,20). The molecular weight excluding hydrogens is 256 g/mol.